The van der Waals surface area contributed by atoms with Crippen LogP contribution in [0.3, 0.4) is 0 Å². The second-order valence-corrected chi connectivity index (χ2v) is 4.14. The van der Waals surface area contributed by atoms with E-state index in [1.54, 1.807) is 6.26 Å². The van der Waals surface area contributed by atoms with Gasteiger partial charge in [0.25, 0.3) is 0 Å². The van der Waals surface area contributed by atoms with Gasteiger partial charge in [0.1, 0.15) is 5.76 Å². The lowest BCUT2D eigenvalue weighted by atomic mass is 9.80. The van der Waals surface area contributed by atoms with Gasteiger partial charge in [0.2, 0.25) is 0 Å². The van der Waals surface area contributed by atoms with Crippen LogP contribution >= 0.6 is 0 Å². The standard InChI is InChI=1S/C11H14O3/c1-7-4-8(6-11(12)13)9-2-3-14-10(9)5-7/h2-3,7-8H,4-6H2,1H3,(H,12,13). The molecule has 0 spiro atoms. The zero-order valence-corrected chi connectivity index (χ0v) is 8.19. The highest BCUT2D eigenvalue weighted by Crippen LogP contribution is 2.37. The van der Waals surface area contributed by atoms with Crippen molar-refractivity contribution in [3.63, 3.8) is 0 Å². The summed E-state index contributed by atoms with van der Waals surface area (Å²) in [5.74, 6) is 0.925. The van der Waals surface area contributed by atoms with Crippen LogP contribution in [0.2, 0.25) is 0 Å². The zero-order valence-electron chi connectivity index (χ0n) is 8.19. The molecule has 0 saturated heterocycles. The Kier molecular flexibility index (Phi) is 2.32. The van der Waals surface area contributed by atoms with E-state index in [-0.39, 0.29) is 12.3 Å². The van der Waals surface area contributed by atoms with Gasteiger partial charge in [0, 0.05) is 6.42 Å². The average Bonchev–Trinajstić information content (AvgIpc) is 2.50. The molecule has 0 fully saturated rings. The van der Waals surface area contributed by atoms with E-state index < -0.39 is 5.97 Å². The van der Waals surface area contributed by atoms with E-state index >= 15 is 0 Å². The molecule has 0 aromatic carbocycles. The van der Waals surface area contributed by atoms with Crippen molar-refractivity contribution in [2.75, 3.05) is 0 Å². The van der Waals surface area contributed by atoms with Gasteiger partial charge in [-0.1, -0.05) is 6.92 Å². The Morgan fingerprint density at radius 3 is 3.21 bits per heavy atom. The summed E-state index contributed by atoms with van der Waals surface area (Å²) in [4.78, 5) is 10.7. The first-order valence-corrected chi connectivity index (χ1v) is 4.95. The van der Waals surface area contributed by atoms with Gasteiger partial charge < -0.3 is 9.52 Å². The fourth-order valence-electron chi connectivity index (χ4n) is 2.30. The minimum absolute atomic E-state index is 0.144. The van der Waals surface area contributed by atoms with Crippen LogP contribution in [0.5, 0.6) is 0 Å². The molecule has 2 unspecified atom stereocenters. The zero-order chi connectivity index (χ0) is 10.1. The van der Waals surface area contributed by atoms with E-state index in [1.807, 2.05) is 6.07 Å². The van der Waals surface area contributed by atoms with Crippen molar-refractivity contribution in [2.45, 2.75) is 32.1 Å². The second kappa shape index (κ2) is 3.48. The van der Waals surface area contributed by atoms with Crippen LogP contribution < -0.4 is 0 Å². The molecule has 2 atom stereocenters. The number of carboxylic acids is 1. The third-order valence-corrected chi connectivity index (χ3v) is 2.86. The van der Waals surface area contributed by atoms with Crippen LogP contribution in [0.25, 0.3) is 0 Å². The molecule has 76 valence electrons. The summed E-state index contributed by atoms with van der Waals surface area (Å²) < 4.78 is 5.35. The first kappa shape index (κ1) is 9.31. The Morgan fingerprint density at radius 2 is 2.50 bits per heavy atom. The molecule has 1 heterocycles. The lowest BCUT2D eigenvalue weighted by molar-refractivity contribution is -0.137. The van der Waals surface area contributed by atoms with Gasteiger partial charge in [-0.2, -0.15) is 0 Å². The maximum Gasteiger partial charge on any atom is 0.303 e. The summed E-state index contributed by atoms with van der Waals surface area (Å²) in [6.45, 7) is 2.14. The fourth-order valence-corrected chi connectivity index (χ4v) is 2.30. The first-order valence-electron chi connectivity index (χ1n) is 4.95. The Balaban J connectivity index is 2.23. The smallest absolute Gasteiger partial charge is 0.303 e. The van der Waals surface area contributed by atoms with Crippen molar-refractivity contribution in [1.29, 1.82) is 0 Å². The summed E-state index contributed by atoms with van der Waals surface area (Å²) in [5, 5.41) is 8.78. The molecule has 3 nitrogen and oxygen atoms in total. The van der Waals surface area contributed by atoms with Crippen LogP contribution in [0.1, 0.15) is 37.0 Å². The number of fused-ring (bicyclic) bond motifs is 1. The van der Waals surface area contributed by atoms with E-state index in [0.717, 1.165) is 24.2 Å². The van der Waals surface area contributed by atoms with E-state index in [0.29, 0.717) is 5.92 Å². The topological polar surface area (TPSA) is 50.4 Å². The molecule has 1 aliphatic carbocycles. The summed E-state index contributed by atoms with van der Waals surface area (Å²) in [6, 6.07) is 1.91. The molecule has 3 heteroatoms. The van der Waals surface area contributed by atoms with Gasteiger partial charge in [-0.3, -0.25) is 4.79 Å². The molecule has 1 N–H and O–H groups in total. The van der Waals surface area contributed by atoms with Crippen LogP contribution in [0, 0.1) is 5.92 Å². The van der Waals surface area contributed by atoms with E-state index in [4.69, 9.17) is 9.52 Å². The Hall–Kier alpha value is -1.25. The highest BCUT2D eigenvalue weighted by Gasteiger charge is 2.28. The summed E-state index contributed by atoms with van der Waals surface area (Å²) in [5.41, 5.74) is 1.10. The highest BCUT2D eigenvalue weighted by atomic mass is 16.4. The molecule has 1 aromatic heterocycles. The van der Waals surface area contributed by atoms with Crippen molar-refractivity contribution in [1.82, 2.24) is 0 Å². The minimum atomic E-state index is -0.726. The predicted molar refractivity (Wildman–Crippen MR) is 51.2 cm³/mol. The molecule has 14 heavy (non-hydrogen) atoms. The fraction of sp³-hybridized carbons (Fsp3) is 0.545. The maximum atomic E-state index is 10.7. The maximum absolute atomic E-state index is 10.7. The highest BCUT2D eigenvalue weighted by molar-refractivity contribution is 5.68. The van der Waals surface area contributed by atoms with Crippen LogP contribution in [0.4, 0.5) is 0 Å². The van der Waals surface area contributed by atoms with Crippen LogP contribution in [-0.4, -0.2) is 11.1 Å². The Bertz CT molecular complexity index is 340. The lowest BCUT2D eigenvalue weighted by Gasteiger charge is -2.24. The normalized spacial score (nSPS) is 25.8. The number of hydrogen-bond donors (Lipinski definition) is 1. The van der Waals surface area contributed by atoms with Gasteiger partial charge >= 0.3 is 5.97 Å². The molecular weight excluding hydrogens is 180 g/mol. The molecule has 1 aliphatic rings. The number of furan rings is 1. The number of carboxylic acid groups (broad SMARTS) is 1. The quantitative estimate of drug-likeness (QED) is 0.786. The SMILES string of the molecule is CC1Cc2occc2C(CC(=O)O)C1. The van der Waals surface area contributed by atoms with E-state index in [9.17, 15) is 4.79 Å². The molecule has 1 aromatic rings. The summed E-state index contributed by atoms with van der Waals surface area (Å²) in [7, 11) is 0. The lowest BCUT2D eigenvalue weighted by Crippen LogP contribution is -2.17. The minimum Gasteiger partial charge on any atom is -0.481 e. The van der Waals surface area contributed by atoms with Crippen molar-refractivity contribution in [3.05, 3.63) is 23.7 Å². The number of carbonyl (C=O) groups is 1. The molecule has 0 saturated carbocycles. The van der Waals surface area contributed by atoms with Gasteiger partial charge in [-0.05, 0) is 29.9 Å². The molecule has 0 aliphatic heterocycles. The van der Waals surface area contributed by atoms with Gasteiger partial charge in [-0.15, -0.1) is 0 Å². The number of hydrogen-bond acceptors (Lipinski definition) is 2. The second-order valence-electron chi connectivity index (χ2n) is 4.14. The van der Waals surface area contributed by atoms with Gasteiger partial charge in [-0.25, -0.2) is 0 Å². The summed E-state index contributed by atoms with van der Waals surface area (Å²) >= 11 is 0. The molecule has 0 amide bonds. The Morgan fingerprint density at radius 1 is 1.71 bits per heavy atom. The molecule has 0 radical (unpaired) electrons. The molecule has 0 bridgehead atoms. The average molecular weight is 194 g/mol. The van der Waals surface area contributed by atoms with Crippen LogP contribution in [-0.2, 0) is 11.2 Å². The van der Waals surface area contributed by atoms with Crippen molar-refractivity contribution >= 4 is 5.97 Å². The largest absolute Gasteiger partial charge is 0.481 e. The Labute approximate surface area is 82.7 Å². The third-order valence-electron chi connectivity index (χ3n) is 2.86. The van der Waals surface area contributed by atoms with Crippen molar-refractivity contribution < 1.29 is 14.3 Å². The summed E-state index contributed by atoms with van der Waals surface area (Å²) in [6.07, 6.45) is 3.78. The van der Waals surface area contributed by atoms with Gasteiger partial charge in [0.05, 0.1) is 12.7 Å². The van der Waals surface area contributed by atoms with Crippen LogP contribution in [0.15, 0.2) is 16.7 Å². The van der Waals surface area contributed by atoms with E-state index in [1.165, 1.54) is 0 Å². The van der Waals surface area contributed by atoms with Crippen molar-refractivity contribution in [2.24, 2.45) is 5.92 Å². The van der Waals surface area contributed by atoms with E-state index in [2.05, 4.69) is 6.92 Å². The number of rotatable bonds is 2. The van der Waals surface area contributed by atoms with Crippen molar-refractivity contribution in [3.8, 4) is 0 Å². The van der Waals surface area contributed by atoms with Gasteiger partial charge in [0.15, 0.2) is 0 Å². The monoisotopic (exact) mass is 194 g/mol. The third kappa shape index (κ3) is 1.67. The molecular formula is C11H14O3. The predicted octanol–water partition coefficient (Wildman–Crippen LogP) is 2.42. The first-order chi connectivity index (χ1) is 6.66. The molecule has 2 rings (SSSR count). The number of aliphatic carboxylic acids is 1.